The first-order valence-corrected chi connectivity index (χ1v) is 9.79. The van der Waals surface area contributed by atoms with Crippen molar-refractivity contribution < 1.29 is 18.8 Å². The average Bonchev–Trinajstić information content (AvgIpc) is 3.33. The summed E-state index contributed by atoms with van der Waals surface area (Å²) in [7, 11) is 0. The van der Waals surface area contributed by atoms with Crippen molar-refractivity contribution in [3.05, 3.63) is 58.1 Å². The smallest absolute Gasteiger partial charge is 0.251 e. The summed E-state index contributed by atoms with van der Waals surface area (Å²) in [6, 6.07) is 9.93. The SMILES string of the molecule is CC(=O)NCc1ccc(-c2csc(NC(=O)CNC(=O)c3cccc(Cl)c3)n2)o1. The van der Waals surface area contributed by atoms with Gasteiger partial charge in [0, 0.05) is 22.9 Å². The monoisotopic (exact) mass is 432 g/mol. The van der Waals surface area contributed by atoms with E-state index in [1.54, 1.807) is 35.7 Å². The van der Waals surface area contributed by atoms with Crippen LogP contribution in [0.1, 0.15) is 23.0 Å². The summed E-state index contributed by atoms with van der Waals surface area (Å²) in [6.45, 7) is 1.51. The molecule has 10 heteroatoms. The molecule has 3 amide bonds. The molecule has 2 heterocycles. The largest absolute Gasteiger partial charge is 0.458 e. The Kier molecular flexibility index (Phi) is 6.63. The van der Waals surface area contributed by atoms with Crippen LogP contribution in [0.2, 0.25) is 5.02 Å². The minimum atomic E-state index is -0.410. The van der Waals surface area contributed by atoms with Crippen molar-refractivity contribution in [2.75, 3.05) is 11.9 Å². The molecule has 0 aliphatic rings. The predicted octanol–water partition coefficient (Wildman–Crippen LogP) is 3.06. The molecule has 29 heavy (non-hydrogen) atoms. The second-order valence-corrected chi connectivity index (χ2v) is 7.25. The average molecular weight is 433 g/mol. The number of nitrogens with zero attached hydrogens (tertiary/aromatic N) is 1. The van der Waals surface area contributed by atoms with Crippen LogP contribution in [-0.4, -0.2) is 29.3 Å². The summed E-state index contributed by atoms with van der Waals surface area (Å²) in [5.74, 6) is 0.162. The number of carbonyl (C=O) groups excluding carboxylic acids is 3. The van der Waals surface area contributed by atoms with Crippen LogP contribution in [0.4, 0.5) is 5.13 Å². The molecule has 0 radical (unpaired) electrons. The van der Waals surface area contributed by atoms with Crippen LogP contribution in [-0.2, 0) is 16.1 Å². The molecule has 2 aromatic heterocycles. The summed E-state index contributed by atoms with van der Waals surface area (Å²) in [5, 5.41) is 10.4. The third kappa shape index (κ3) is 5.90. The van der Waals surface area contributed by atoms with Crippen LogP contribution in [0.5, 0.6) is 0 Å². The number of furan rings is 1. The second-order valence-electron chi connectivity index (χ2n) is 5.95. The summed E-state index contributed by atoms with van der Waals surface area (Å²) < 4.78 is 5.62. The van der Waals surface area contributed by atoms with Gasteiger partial charge in [-0.1, -0.05) is 17.7 Å². The predicted molar refractivity (Wildman–Crippen MR) is 110 cm³/mol. The number of amides is 3. The van der Waals surface area contributed by atoms with E-state index in [9.17, 15) is 14.4 Å². The maximum Gasteiger partial charge on any atom is 0.251 e. The van der Waals surface area contributed by atoms with Crippen LogP contribution in [0, 0.1) is 0 Å². The van der Waals surface area contributed by atoms with E-state index in [1.807, 2.05) is 0 Å². The zero-order valence-corrected chi connectivity index (χ0v) is 16.9. The van der Waals surface area contributed by atoms with E-state index in [2.05, 4.69) is 20.9 Å². The van der Waals surface area contributed by atoms with Gasteiger partial charge in [0.05, 0.1) is 13.1 Å². The molecule has 8 nitrogen and oxygen atoms in total. The van der Waals surface area contributed by atoms with E-state index < -0.39 is 11.8 Å². The van der Waals surface area contributed by atoms with Gasteiger partial charge in [0.2, 0.25) is 11.8 Å². The van der Waals surface area contributed by atoms with E-state index in [1.165, 1.54) is 24.3 Å². The Labute approximate surface area is 175 Å². The Morgan fingerprint density at radius 3 is 2.76 bits per heavy atom. The van der Waals surface area contributed by atoms with Gasteiger partial charge in [-0.25, -0.2) is 4.98 Å². The molecule has 3 N–H and O–H groups in total. The van der Waals surface area contributed by atoms with Gasteiger partial charge in [-0.05, 0) is 30.3 Å². The van der Waals surface area contributed by atoms with Crippen LogP contribution in [0.3, 0.4) is 0 Å². The summed E-state index contributed by atoms with van der Waals surface area (Å²) in [4.78, 5) is 39.4. The van der Waals surface area contributed by atoms with Gasteiger partial charge in [-0.3, -0.25) is 14.4 Å². The molecule has 0 atom stereocenters. The number of benzene rings is 1. The molecule has 150 valence electrons. The molecule has 0 spiro atoms. The maximum atomic E-state index is 12.1. The van der Waals surface area contributed by atoms with Gasteiger partial charge in [-0.2, -0.15) is 0 Å². The zero-order valence-electron chi connectivity index (χ0n) is 15.3. The van der Waals surface area contributed by atoms with Crippen LogP contribution in [0.15, 0.2) is 46.2 Å². The normalized spacial score (nSPS) is 10.4. The van der Waals surface area contributed by atoms with Gasteiger partial charge in [-0.15, -0.1) is 11.3 Å². The number of nitrogens with one attached hydrogen (secondary N) is 3. The van der Waals surface area contributed by atoms with Crippen molar-refractivity contribution in [2.45, 2.75) is 13.5 Å². The van der Waals surface area contributed by atoms with Gasteiger partial charge in [0.1, 0.15) is 11.5 Å². The lowest BCUT2D eigenvalue weighted by Crippen LogP contribution is -2.32. The van der Waals surface area contributed by atoms with E-state index in [0.717, 1.165) is 0 Å². The summed E-state index contributed by atoms with van der Waals surface area (Å²) >= 11 is 7.08. The van der Waals surface area contributed by atoms with Crippen LogP contribution >= 0.6 is 22.9 Å². The molecule has 3 rings (SSSR count). The minimum Gasteiger partial charge on any atom is -0.458 e. The molecule has 0 saturated heterocycles. The molecule has 0 aliphatic carbocycles. The van der Waals surface area contributed by atoms with Crippen molar-refractivity contribution >= 4 is 45.8 Å². The molecule has 3 aromatic rings. The molecule has 0 unspecified atom stereocenters. The third-order valence-corrected chi connectivity index (χ3v) is 4.67. The standard InChI is InChI=1S/C19H17ClN4O4S/c1-11(25)21-8-14-5-6-16(28-14)15-10-29-19(23-15)24-17(26)9-22-18(27)12-3-2-4-13(20)7-12/h2-7,10H,8-9H2,1H3,(H,21,25)(H,22,27)(H,23,24,26). The Hall–Kier alpha value is -3.17. The first kappa shape index (κ1) is 20.6. The lowest BCUT2D eigenvalue weighted by Gasteiger charge is -2.05. The lowest BCUT2D eigenvalue weighted by molar-refractivity contribution is -0.119. The van der Waals surface area contributed by atoms with Crippen molar-refractivity contribution in [1.82, 2.24) is 15.6 Å². The number of anilines is 1. The highest BCUT2D eigenvalue weighted by Crippen LogP contribution is 2.26. The molecular formula is C19H17ClN4O4S. The number of carbonyl (C=O) groups is 3. The molecule has 0 fully saturated rings. The van der Waals surface area contributed by atoms with Crippen LogP contribution in [0.25, 0.3) is 11.5 Å². The zero-order chi connectivity index (χ0) is 20.8. The van der Waals surface area contributed by atoms with Crippen molar-refractivity contribution in [3.63, 3.8) is 0 Å². The van der Waals surface area contributed by atoms with Crippen molar-refractivity contribution in [2.24, 2.45) is 0 Å². The Morgan fingerprint density at radius 1 is 1.17 bits per heavy atom. The number of hydrogen-bond acceptors (Lipinski definition) is 6. The Bertz CT molecular complexity index is 1050. The summed E-state index contributed by atoms with van der Waals surface area (Å²) in [5.41, 5.74) is 0.928. The second kappa shape index (κ2) is 9.35. The van der Waals surface area contributed by atoms with Gasteiger partial charge >= 0.3 is 0 Å². The fourth-order valence-corrected chi connectivity index (χ4v) is 3.23. The molecule has 1 aromatic carbocycles. The lowest BCUT2D eigenvalue weighted by atomic mass is 10.2. The minimum absolute atomic E-state index is 0.149. The van der Waals surface area contributed by atoms with E-state index >= 15 is 0 Å². The molecule has 0 saturated carbocycles. The van der Waals surface area contributed by atoms with Crippen LogP contribution < -0.4 is 16.0 Å². The number of aromatic nitrogens is 1. The molecule has 0 aliphatic heterocycles. The third-order valence-electron chi connectivity index (χ3n) is 3.67. The van der Waals surface area contributed by atoms with Crippen molar-refractivity contribution in [1.29, 1.82) is 0 Å². The first-order valence-electron chi connectivity index (χ1n) is 8.53. The Morgan fingerprint density at radius 2 is 2.00 bits per heavy atom. The van der Waals surface area contributed by atoms with E-state index in [4.69, 9.17) is 16.0 Å². The highest BCUT2D eigenvalue weighted by Gasteiger charge is 2.13. The number of hydrogen-bond donors (Lipinski definition) is 3. The van der Waals surface area contributed by atoms with Gasteiger partial charge in [0.25, 0.3) is 5.91 Å². The van der Waals surface area contributed by atoms with Gasteiger partial charge in [0.15, 0.2) is 10.9 Å². The first-order chi connectivity index (χ1) is 13.9. The van der Waals surface area contributed by atoms with E-state index in [-0.39, 0.29) is 19.0 Å². The van der Waals surface area contributed by atoms with Crippen molar-refractivity contribution in [3.8, 4) is 11.5 Å². The number of halogens is 1. The molecule has 0 bridgehead atoms. The topological polar surface area (TPSA) is 113 Å². The van der Waals surface area contributed by atoms with E-state index in [0.29, 0.717) is 32.9 Å². The molecular weight excluding hydrogens is 416 g/mol. The number of rotatable bonds is 7. The highest BCUT2D eigenvalue weighted by molar-refractivity contribution is 7.14. The fraction of sp³-hybridized carbons (Fsp3) is 0.158. The highest BCUT2D eigenvalue weighted by atomic mass is 35.5. The van der Waals surface area contributed by atoms with Gasteiger partial charge < -0.3 is 20.4 Å². The number of thiazole rings is 1. The Balaban J connectivity index is 1.52. The maximum absolute atomic E-state index is 12.1. The summed E-state index contributed by atoms with van der Waals surface area (Å²) in [6.07, 6.45) is 0. The fourth-order valence-electron chi connectivity index (χ4n) is 2.32. The quantitative estimate of drug-likeness (QED) is 0.531.